The van der Waals surface area contributed by atoms with Crippen LogP contribution in [0.1, 0.15) is 13.8 Å². The van der Waals surface area contributed by atoms with Gasteiger partial charge < -0.3 is 10.6 Å². The SMILES string of the molecule is C[C@@H]1CN(c2ccc(-c3nc(-c4ccc5c(=O)[nH]c(F)cc5c4)c(N)nc3F)cc2)C[C@H](C)N1C. The summed E-state index contributed by atoms with van der Waals surface area (Å²) < 4.78 is 28.5. The van der Waals surface area contributed by atoms with E-state index in [2.05, 4.69) is 45.6 Å². The monoisotopic (exact) mass is 476 g/mol. The standard InChI is InChI=1S/C26H26F2N6O/c1-14-12-34(13-15(2)33(14)3)19-7-4-16(5-8-19)22-24(28)32-25(29)23(31-22)17-6-9-20-18(10-17)11-21(27)30-26(20)35/h4-11,14-15H,12-13H2,1-3H3,(H2,29,32)(H,30,35)/t14-,15+. The van der Waals surface area contributed by atoms with Crippen molar-refractivity contribution in [3.63, 3.8) is 0 Å². The predicted molar refractivity (Wildman–Crippen MR) is 134 cm³/mol. The lowest BCUT2D eigenvalue weighted by molar-refractivity contribution is 0.170. The number of halogens is 2. The van der Waals surface area contributed by atoms with E-state index in [9.17, 15) is 13.6 Å². The van der Waals surface area contributed by atoms with Crippen LogP contribution >= 0.6 is 0 Å². The molecule has 1 saturated heterocycles. The summed E-state index contributed by atoms with van der Waals surface area (Å²) in [5, 5.41) is 0.711. The molecule has 0 unspecified atom stereocenters. The van der Waals surface area contributed by atoms with Crippen LogP contribution in [0.2, 0.25) is 0 Å². The number of nitrogens with one attached hydrogen (secondary N) is 1. The van der Waals surface area contributed by atoms with Crippen LogP contribution in [-0.4, -0.2) is 52.1 Å². The maximum absolute atomic E-state index is 14.8. The van der Waals surface area contributed by atoms with E-state index in [1.807, 2.05) is 24.3 Å². The van der Waals surface area contributed by atoms with Crippen LogP contribution in [0.25, 0.3) is 33.3 Å². The van der Waals surface area contributed by atoms with E-state index in [1.54, 1.807) is 18.2 Å². The van der Waals surface area contributed by atoms with Crippen molar-refractivity contribution in [1.29, 1.82) is 0 Å². The fourth-order valence-electron chi connectivity index (χ4n) is 4.65. The Bertz CT molecular complexity index is 1460. The first-order valence-corrected chi connectivity index (χ1v) is 11.4. The van der Waals surface area contributed by atoms with Gasteiger partial charge in [0.25, 0.3) is 5.56 Å². The molecule has 4 aromatic rings. The normalized spacial score (nSPS) is 18.8. The highest BCUT2D eigenvalue weighted by molar-refractivity contribution is 5.87. The number of likely N-dealkylation sites (N-methyl/N-ethyl adjacent to an activating group) is 1. The minimum Gasteiger partial charge on any atom is -0.382 e. The Labute approximate surface area is 201 Å². The number of hydrogen-bond acceptors (Lipinski definition) is 6. The number of aromatic amines is 1. The maximum atomic E-state index is 14.8. The van der Waals surface area contributed by atoms with Gasteiger partial charge in [0.2, 0.25) is 5.95 Å². The Hall–Kier alpha value is -3.85. The molecule has 1 aliphatic heterocycles. The number of rotatable bonds is 3. The Balaban J connectivity index is 1.50. The number of hydrogen-bond donors (Lipinski definition) is 2. The van der Waals surface area contributed by atoms with Gasteiger partial charge in [0.15, 0.2) is 11.8 Å². The molecule has 9 heteroatoms. The first kappa shape index (κ1) is 22.9. The summed E-state index contributed by atoms with van der Waals surface area (Å²) in [4.78, 5) is 27.2. The largest absolute Gasteiger partial charge is 0.382 e. The molecule has 0 amide bonds. The topological polar surface area (TPSA) is 91.1 Å². The zero-order chi connectivity index (χ0) is 24.9. The van der Waals surface area contributed by atoms with Crippen LogP contribution in [0, 0.1) is 11.9 Å². The average molecular weight is 477 g/mol. The van der Waals surface area contributed by atoms with E-state index in [0.717, 1.165) is 18.8 Å². The highest BCUT2D eigenvalue weighted by Gasteiger charge is 2.26. The molecule has 2 atom stereocenters. The number of benzene rings is 2. The molecule has 2 aromatic heterocycles. The maximum Gasteiger partial charge on any atom is 0.257 e. The molecular formula is C26H26F2N6O. The molecule has 0 spiro atoms. The van der Waals surface area contributed by atoms with Crippen LogP contribution in [0.3, 0.4) is 0 Å². The predicted octanol–water partition coefficient (Wildman–Crippen LogP) is 4.04. The molecule has 35 heavy (non-hydrogen) atoms. The average Bonchev–Trinajstić information content (AvgIpc) is 2.82. The molecular weight excluding hydrogens is 450 g/mol. The Morgan fingerprint density at radius 3 is 2.29 bits per heavy atom. The Morgan fingerprint density at radius 1 is 0.943 bits per heavy atom. The van der Waals surface area contributed by atoms with Crippen molar-refractivity contribution in [1.82, 2.24) is 19.9 Å². The van der Waals surface area contributed by atoms with E-state index in [-0.39, 0.29) is 17.2 Å². The Morgan fingerprint density at radius 2 is 1.60 bits per heavy atom. The van der Waals surface area contributed by atoms with Gasteiger partial charge in [0, 0.05) is 47.4 Å². The van der Waals surface area contributed by atoms with E-state index in [4.69, 9.17) is 5.73 Å². The summed E-state index contributed by atoms with van der Waals surface area (Å²) in [5.41, 5.74) is 7.93. The zero-order valence-corrected chi connectivity index (χ0v) is 19.7. The van der Waals surface area contributed by atoms with Gasteiger partial charge in [-0.2, -0.15) is 13.8 Å². The number of nitrogens with zero attached hydrogens (tertiary/aromatic N) is 4. The number of H-pyrrole nitrogens is 1. The van der Waals surface area contributed by atoms with Gasteiger partial charge in [0.05, 0.1) is 0 Å². The molecule has 0 aliphatic carbocycles. The lowest BCUT2D eigenvalue weighted by atomic mass is 10.0. The number of aromatic nitrogens is 3. The molecule has 1 fully saturated rings. The van der Waals surface area contributed by atoms with E-state index < -0.39 is 17.5 Å². The third-order valence-corrected chi connectivity index (χ3v) is 6.83. The van der Waals surface area contributed by atoms with E-state index in [1.165, 1.54) is 6.07 Å². The van der Waals surface area contributed by atoms with Crippen molar-refractivity contribution in [2.24, 2.45) is 0 Å². The van der Waals surface area contributed by atoms with Crippen molar-refractivity contribution in [3.8, 4) is 22.5 Å². The summed E-state index contributed by atoms with van der Waals surface area (Å²) in [5.74, 6) is -1.61. The second-order valence-electron chi connectivity index (χ2n) is 9.16. The molecule has 0 saturated carbocycles. The summed E-state index contributed by atoms with van der Waals surface area (Å²) >= 11 is 0. The number of pyridine rings is 1. The second-order valence-corrected chi connectivity index (χ2v) is 9.16. The fraction of sp³-hybridized carbons (Fsp3) is 0.269. The highest BCUT2D eigenvalue weighted by atomic mass is 19.1. The van der Waals surface area contributed by atoms with Crippen LogP contribution in [0.15, 0.2) is 53.3 Å². The van der Waals surface area contributed by atoms with Crippen LogP contribution in [0.5, 0.6) is 0 Å². The molecule has 7 nitrogen and oxygen atoms in total. The van der Waals surface area contributed by atoms with E-state index in [0.29, 0.717) is 34.0 Å². The van der Waals surface area contributed by atoms with Crippen molar-refractivity contribution < 1.29 is 8.78 Å². The third kappa shape index (κ3) is 4.23. The van der Waals surface area contributed by atoms with Crippen LogP contribution in [-0.2, 0) is 0 Å². The van der Waals surface area contributed by atoms with Crippen molar-refractivity contribution in [3.05, 3.63) is 70.8 Å². The van der Waals surface area contributed by atoms with E-state index >= 15 is 0 Å². The summed E-state index contributed by atoms with van der Waals surface area (Å²) in [6.07, 6.45) is 0. The number of piperazine rings is 1. The minimum atomic E-state index is -0.774. The van der Waals surface area contributed by atoms with Crippen LogP contribution in [0.4, 0.5) is 20.3 Å². The fourth-order valence-corrected chi connectivity index (χ4v) is 4.65. The first-order chi connectivity index (χ1) is 16.7. The molecule has 0 bridgehead atoms. The molecule has 1 aliphatic rings. The van der Waals surface area contributed by atoms with Gasteiger partial charge in [0.1, 0.15) is 11.4 Å². The third-order valence-electron chi connectivity index (χ3n) is 6.83. The second kappa shape index (κ2) is 8.74. The van der Waals surface area contributed by atoms with Crippen molar-refractivity contribution in [2.75, 3.05) is 30.8 Å². The molecule has 3 N–H and O–H groups in total. The number of nitrogens with two attached hydrogens (primary N) is 1. The lowest BCUT2D eigenvalue weighted by Gasteiger charge is -2.43. The Kier molecular flexibility index (Phi) is 5.72. The molecule has 180 valence electrons. The van der Waals surface area contributed by atoms with Crippen molar-refractivity contribution >= 4 is 22.3 Å². The molecule has 5 rings (SSSR count). The van der Waals surface area contributed by atoms with Gasteiger partial charge in [-0.15, -0.1) is 0 Å². The summed E-state index contributed by atoms with van der Waals surface area (Å²) in [6, 6.07) is 14.4. The molecule has 3 heterocycles. The smallest absolute Gasteiger partial charge is 0.257 e. The highest BCUT2D eigenvalue weighted by Crippen LogP contribution is 2.31. The lowest BCUT2D eigenvalue weighted by Crippen LogP contribution is -2.55. The number of fused-ring (bicyclic) bond motifs is 1. The number of nitrogen functional groups attached to an aromatic ring is 1. The van der Waals surface area contributed by atoms with Gasteiger partial charge in [-0.05, 0) is 56.6 Å². The molecule has 2 aromatic carbocycles. The van der Waals surface area contributed by atoms with Gasteiger partial charge in [-0.1, -0.05) is 18.2 Å². The molecule has 0 radical (unpaired) electrons. The quantitative estimate of drug-likeness (QED) is 0.434. The van der Waals surface area contributed by atoms with Crippen LogP contribution < -0.4 is 16.2 Å². The van der Waals surface area contributed by atoms with Gasteiger partial charge in [-0.3, -0.25) is 14.7 Å². The number of anilines is 2. The zero-order valence-electron chi connectivity index (χ0n) is 19.7. The van der Waals surface area contributed by atoms with Crippen molar-refractivity contribution in [2.45, 2.75) is 25.9 Å². The first-order valence-electron chi connectivity index (χ1n) is 11.4. The summed E-state index contributed by atoms with van der Waals surface area (Å²) in [7, 11) is 2.14. The minimum absolute atomic E-state index is 0.0676. The van der Waals surface area contributed by atoms with Gasteiger partial charge in [-0.25, -0.2) is 4.98 Å². The van der Waals surface area contributed by atoms with Gasteiger partial charge >= 0.3 is 0 Å². The summed E-state index contributed by atoms with van der Waals surface area (Å²) in [6.45, 7) is 6.22.